The number of amides is 1. The molecule has 0 spiro atoms. The molecular formula is C23H32N2O8. The Hall–Kier alpha value is -2.60. The Balaban J connectivity index is 1.89. The molecule has 5 N–H and O–H groups in total. The van der Waals surface area contributed by atoms with Gasteiger partial charge in [-0.15, -0.1) is 0 Å². The first-order chi connectivity index (χ1) is 15.5. The quantitative estimate of drug-likeness (QED) is 0.146. The molecule has 1 aliphatic heterocycles. The van der Waals surface area contributed by atoms with Crippen LogP contribution >= 0.6 is 0 Å². The molecular weight excluding hydrogens is 432 g/mol. The molecule has 10 nitrogen and oxygen atoms in total. The minimum absolute atomic E-state index is 0.0524. The monoisotopic (exact) mass is 464 g/mol. The van der Waals surface area contributed by atoms with Crippen LogP contribution in [0.25, 0.3) is 0 Å². The summed E-state index contributed by atoms with van der Waals surface area (Å²) in [5.41, 5.74) is 4.30. The van der Waals surface area contributed by atoms with Gasteiger partial charge in [0.1, 0.15) is 24.4 Å². The zero-order chi connectivity index (χ0) is 24.7. The van der Waals surface area contributed by atoms with Gasteiger partial charge in [0.2, 0.25) is 6.29 Å². The van der Waals surface area contributed by atoms with Gasteiger partial charge in [-0.25, -0.2) is 10.3 Å². The topological polar surface area (TPSA) is 149 Å². The molecule has 0 bridgehead atoms. The van der Waals surface area contributed by atoms with Crippen molar-refractivity contribution in [1.29, 1.82) is 0 Å². The Labute approximate surface area is 192 Å². The summed E-state index contributed by atoms with van der Waals surface area (Å²) in [6, 6.07) is 7.29. The van der Waals surface area contributed by atoms with Crippen LogP contribution in [0, 0.1) is 5.92 Å². The number of aliphatic hydroxyl groups excluding tert-OH is 4. The number of carbonyl (C=O) groups excluding carboxylic acids is 2. The van der Waals surface area contributed by atoms with E-state index in [4.69, 9.17) is 14.7 Å². The molecule has 0 saturated carbocycles. The van der Waals surface area contributed by atoms with E-state index in [0.717, 1.165) is 5.69 Å². The van der Waals surface area contributed by atoms with Crippen molar-refractivity contribution in [3.8, 4) is 0 Å². The molecule has 182 valence electrons. The van der Waals surface area contributed by atoms with Crippen LogP contribution in [0.5, 0.6) is 0 Å². The molecule has 1 aromatic rings. The number of Topliss-reactive ketones (excluding diaryl/α,β-unsaturated/α-hetero) is 1. The molecule has 1 fully saturated rings. The number of aliphatic hydroxyl groups is 4. The zero-order valence-corrected chi connectivity index (χ0v) is 19.1. The lowest BCUT2D eigenvalue weighted by atomic mass is 9.97. The van der Waals surface area contributed by atoms with E-state index in [0.29, 0.717) is 11.1 Å². The number of carbonyl (C=O) groups is 2. The minimum Gasteiger partial charge on any atom is -0.394 e. The highest BCUT2D eigenvalue weighted by Crippen LogP contribution is 2.21. The molecule has 1 amide bonds. The van der Waals surface area contributed by atoms with Crippen molar-refractivity contribution < 1.29 is 39.6 Å². The molecule has 6 atom stereocenters. The number of hydrogen-bond acceptors (Lipinski definition) is 9. The fourth-order valence-electron chi connectivity index (χ4n) is 3.23. The third kappa shape index (κ3) is 7.19. The number of allylic oxidation sites excluding steroid dienone is 3. The molecule has 1 aromatic carbocycles. The smallest absolute Gasteiger partial charge is 0.267 e. The third-order valence-corrected chi connectivity index (χ3v) is 5.22. The summed E-state index contributed by atoms with van der Waals surface area (Å²) in [7, 11) is 3.84. The molecule has 1 aliphatic rings. The van der Waals surface area contributed by atoms with Crippen LogP contribution in [-0.2, 0) is 14.4 Å². The standard InChI is InChI=1S/C23H32N2O8/c1-13(11-14(2)19(28)15-6-8-16(9-7-15)25(3)4)5-10-18(27)24-33-23-22(31)21(30)20(29)17(12-26)32-23/h5-11,14,17,20-23,26,29-31H,12H2,1-4H3,(H,24,27)/t14-,17-,20-,21+,22-,23+/m1/s1. The van der Waals surface area contributed by atoms with Crippen molar-refractivity contribution in [2.75, 3.05) is 25.6 Å². The predicted molar refractivity (Wildman–Crippen MR) is 120 cm³/mol. The number of nitrogens with zero attached hydrogens (tertiary/aromatic N) is 1. The van der Waals surface area contributed by atoms with Gasteiger partial charge >= 0.3 is 0 Å². The summed E-state index contributed by atoms with van der Waals surface area (Å²) in [5.74, 6) is -1.14. The number of ether oxygens (including phenoxy) is 1. The van der Waals surface area contributed by atoms with Crippen molar-refractivity contribution in [1.82, 2.24) is 5.48 Å². The summed E-state index contributed by atoms with van der Waals surface area (Å²) >= 11 is 0. The third-order valence-electron chi connectivity index (χ3n) is 5.22. The van der Waals surface area contributed by atoms with Crippen LogP contribution < -0.4 is 10.4 Å². The van der Waals surface area contributed by atoms with E-state index >= 15 is 0 Å². The highest BCUT2D eigenvalue weighted by atomic mass is 16.8. The van der Waals surface area contributed by atoms with Crippen LogP contribution in [0.4, 0.5) is 5.69 Å². The average molecular weight is 465 g/mol. The zero-order valence-electron chi connectivity index (χ0n) is 19.1. The highest BCUT2D eigenvalue weighted by molar-refractivity contribution is 5.99. The normalized spacial score (nSPS) is 26.8. The molecule has 0 radical (unpaired) electrons. The van der Waals surface area contributed by atoms with Crippen molar-refractivity contribution in [2.45, 2.75) is 44.6 Å². The van der Waals surface area contributed by atoms with E-state index < -0.39 is 49.1 Å². The maximum absolute atomic E-state index is 12.6. The Morgan fingerprint density at radius 1 is 1.12 bits per heavy atom. The van der Waals surface area contributed by atoms with Gasteiger partial charge in [0, 0.05) is 37.3 Å². The predicted octanol–water partition coefficient (Wildman–Crippen LogP) is -0.0784. The maximum atomic E-state index is 12.6. The second-order valence-electron chi connectivity index (χ2n) is 8.12. The number of ketones is 1. The van der Waals surface area contributed by atoms with Crippen molar-refractivity contribution in [3.05, 3.63) is 53.6 Å². The fourth-order valence-corrected chi connectivity index (χ4v) is 3.23. The van der Waals surface area contributed by atoms with Gasteiger partial charge in [-0.2, -0.15) is 0 Å². The molecule has 2 rings (SSSR count). The maximum Gasteiger partial charge on any atom is 0.267 e. The molecule has 0 unspecified atom stereocenters. The van der Waals surface area contributed by atoms with Gasteiger partial charge in [-0.05, 0) is 31.2 Å². The Morgan fingerprint density at radius 3 is 2.33 bits per heavy atom. The number of hydroxylamine groups is 1. The van der Waals surface area contributed by atoms with Crippen molar-refractivity contribution in [3.63, 3.8) is 0 Å². The fraction of sp³-hybridized carbons (Fsp3) is 0.478. The number of rotatable bonds is 9. The van der Waals surface area contributed by atoms with E-state index in [1.54, 1.807) is 32.1 Å². The van der Waals surface area contributed by atoms with E-state index in [2.05, 4.69) is 5.48 Å². The summed E-state index contributed by atoms with van der Waals surface area (Å²) in [4.78, 5) is 31.5. The van der Waals surface area contributed by atoms with Gasteiger partial charge in [0.05, 0.1) is 6.61 Å². The number of anilines is 1. The van der Waals surface area contributed by atoms with Crippen LogP contribution in [0.1, 0.15) is 24.2 Å². The molecule has 0 aliphatic carbocycles. The molecule has 0 aromatic heterocycles. The van der Waals surface area contributed by atoms with Gasteiger partial charge in [-0.3, -0.25) is 9.59 Å². The Kier molecular flexibility index (Phi) is 9.71. The average Bonchev–Trinajstić information content (AvgIpc) is 2.80. The summed E-state index contributed by atoms with van der Waals surface area (Å²) in [6.45, 7) is 2.89. The van der Waals surface area contributed by atoms with Crippen LogP contribution in [0.2, 0.25) is 0 Å². The van der Waals surface area contributed by atoms with Gasteiger partial charge < -0.3 is 30.1 Å². The lowest BCUT2D eigenvalue weighted by Gasteiger charge is -2.38. The number of benzene rings is 1. The first-order valence-electron chi connectivity index (χ1n) is 10.5. The van der Waals surface area contributed by atoms with Crippen LogP contribution in [0.15, 0.2) is 48.1 Å². The molecule has 33 heavy (non-hydrogen) atoms. The second-order valence-corrected chi connectivity index (χ2v) is 8.12. The minimum atomic E-state index is -1.63. The first-order valence-corrected chi connectivity index (χ1v) is 10.5. The van der Waals surface area contributed by atoms with Gasteiger partial charge in [-0.1, -0.05) is 24.6 Å². The van der Waals surface area contributed by atoms with Gasteiger partial charge in [0.15, 0.2) is 5.78 Å². The van der Waals surface area contributed by atoms with Crippen LogP contribution in [-0.4, -0.2) is 83.5 Å². The van der Waals surface area contributed by atoms with Crippen molar-refractivity contribution >= 4 is 17.4 Å². The lowest BCUT2D eigenvalue weighted by Crippen LogP contribution is -2.60. The largest absolute Gasteiger partial charge is 0.394 e. The van der Waals surface area contributed by atoms with E-state index in [9.17, 15) is 24.9 Å². The lowest BCUT2D eigenvalue weighted by molar-refractivity contribution is -0.312. The van der Waals surface area contributed by atoms with E-state index in [-0.39, 0.29) is 5.78 Å². The first kappa shape index (κ1) is 26.7. The summed E-state index contributed by atoms with van der Waals surface area (Å²) in [6.07, 6.45) is -3.02. The van der Waals surface area contributed by atoms with Crippen LogP contribution in [0.3, 0.4) is 0 Å². The second kappa shape index (κ2) is 12.0. The van der Waals surface area contributed by atoms with Crippen molar-refractivity contribution in [2.24, 2.45) is 5.92 Å². The molecule has 10 heteroatoms. The SMILES string of the molecule is CC(C=CC(=O)NO[C@@H]1O[C@H](CO)[C@@H](O)[C@H](O)[C@H]1O)=C[C@@H](C)C(=O)c1ccc(N(C)C)cc1. The van der Waals surface area contributed by atoms with E-state index in [1.807, 2.05) is 31.1 Å². The number of nitrogens with one attached hydrogen (secondary N) is 1. The highest BCUT2D eigenvalue weighted by Gasteiger charge is 2.44. The molecule has 1 heterocycles. The summed E-state index contributed by atoms with van der Waals surface area (Å²) in [5, 5.41) is 38.5. The van der Waals surface area contributed by atoms with Gasteiger partial charge in [0.25, 0.3) is 5.91 Å². The molecule has 1 saturated heterocycles. The Bertz CT molecular complexity index is 866. The van der Waals surface area contributed by atoms with E-state index in [1.165, 1.54) is 12.2 Å². The number of hydrogen-bond donors (Lipinski definition) is 5. The Morgan fingerprint density at radius 2 is 1.76 bits per heavy atom. The summed E-state index contributed by atoms with van der Waals surface area (Å²) < 4.78 is 5.13.